The van der Waals surface area contributed by atoms with Gasteiger partial charge in [-0.1, -0.05) is 26.2 Å². The van der Waals surface area contributed by atoms with Crippen molar-refractivity contribution in [3.05, 3.63) is 0 Å². The van der Waals surface area contributed by atoms with Gasteiger partial charge in [0.2, 0.25) is 5.91 Å². The van der Waals surface area contributed by atoms with E-state index in [0.717, 1.165) is 25.5 Å². The van der Waals surface area contributed by atoms with Crippen molar-refractivity contribution < 1.29 is 9.53 Å². The predicted molar refractivity (Wildman–Crippen MR) is 68.7 cm³/mol. The van der Waals surface area contributed by atoms with Crippen molar-refractivity contribution in [1.82, 2.24) is 5.32 Å². The van der Waals surface area contributed by atoms with Gasteiger partial charge in [-0.05, 0) is 31.7 Å². The summed E-state index contributed by atoms with van der Waals surface area (Å²) in [6.45, 7) is 4.34. The van der Waals surface area contributed by atoms with Gasteiger partial charge in [-0.3, -0.25) is 4.79 Å². The quantitative estimate of drug-likeness (QED) is 0.570. The summed E-state index contributed by atoms with van der Waals surface area (Å²) in [6.07, 6.45) is 6.97. The highest BCUT2D eigenvalue weighted by molar-refractivity contribution is 5.79. The maximum Gasteiger partial charge on any atom is 0.234 e. The number of nitrogens with two attached hydrogens (primary N) is 1. The average molecular weight is 242 g/mol. The lowest BCUT2D eigenvalue weighted by Gasteiger charge is -2.25. The summed E-state index contributed by atoms with van der Waals surface area (Å²) < 4.78 is 5.55. The highest BCUT2D eigenvalue weighted by Crippen LogP contribution is 2.29. The molecule has 3 N–H and O–H groups in total. The summed E-state index contributed by atoms with van der Waals surface area (Å²) in [5, 5.41) is 3.14. The van der Waals surface area contributed by atoms with E-state index >= 15 is 0 Å². The van der Waals surface area contributed by atoms with Gasteiger partial charge in [-0.25, -0.2) is 0 Å². The molecule has 0 saturated heterocycles. The molecule has 100 valence electrons. The Kier molecular flexibility index (Phi) is 7.21. The third kappa shape index (κ3) is 6.03. The molecule has 1 aliphatic rings. The van der Waals surface area contributed by atoms with Crippen LogP contribution in [0.25, 0.3) is 0 Å². The van der Waals surface area contributed by atoms with Gasteiger partial charge in [-0.15, -0.1) is 0 Å². The maximum absolute atomic E-state index is 11.1. The Labute approximate surface area is 104 Å². The number of hydrogen-bond donors (Lipinski definition) is 2. The second kappa shape index (κ2) is 8.48. The fourth-order valence-electron chi connectivity index (χ4n) is 2.00. The monoisotopic (exact) mass is 242 g/mol. The van der Waals surface area contributed by atoms with Crippen LogP contribution in [0.2, 0.25) is 0 Å². The molecule has 0 aromatic carbocycles. The zero-order valence-corrected chi connectivity index (χ0v) is 10.9. The number of nitrogens with one attached hydrogen (secondary N) is 1. The molecule has 1 fully saturated rings. The van der Waals surface area contributed by atoms with E-state index in [9.17, 15) is 4.79 Å². The molecule has 1 aliphatic carbocycles. The first-order chi connectivity index (χ1) is 8.24. The van der Waals surface area contributed by atoms with Crippen molar-refractivity contribution in [3.63, 3.8) is 0 Å². The van der Waals surface area contributed by atoms with Crippen molar-refractivity contribution in [2.75, 3.05) is 19.8 Å². The van der Waals surface area contributed by atoms with Crippen LogP contribution in [0.4, 0.5) is 0 Å². The van der Waals surface area contributed by atoms with Crippen molar-refractivity contribution >= 4 is 5.91 Å². The van der Waals surface area contributed by atoms with Gasteiger partial charge in [0, 0.05) is 13.2 Å². The highest BCUT2D eigenvalue weighted by atomic mass is 16.5. The number of ether oxygens (including phenoxy) is 1. The van der Waals surface area contributed by atoms with Gasteiger partial charge < -0.3 is 15.8 Å². The van der Waals surface area contributed by atoms with Gasteiger partial charge >= 0.3 is 0 Å². The molecule has 0 aromatic heterocycles. The van der Waals surface area contributed by atoms with E-state index in [2.05, 4.69) is 12.2 Å². The molecule has 1 rings (SSSR count). The van der Waals surface area contributed by atoms with Crippen molar-refractivity contribution in [3.8, 4) is 0 Å². The molecule has 4 nitrogen and oxygen atoms in total. The minimum atomic E-state index is -0.277. The van der Waals surface area contributed by atoms with E-state index < -0.39 is 0 Å². The first-order valence-electron chi connectivity index (χ1n) is 6.84. The molecule has 1 unspecified atom stereocenters. The number of rotatable bonds is 10. The molecule has 0 radical (unpaired) electrons. The number of carbonyl (C=O) groups is 1. The smallest absolute Gasteiger partial charge is 0.234 e. The SMILES string of the molecule is CCCNC(CCOCCC1CCC1)C(N)=O. The second-order valence-corrected chi connectivity index (χ2v) is 4.90. The number of primary amides is 1. The Morgan fingerprint density at radius 3 is 2.76 bits per heavy atom. The van der Waals surface area contributed by atoms with E-state index in [0.29, 0.717) is 13.0 Å². The molecule has 0 aromatic rings. The van der Waals surface area contributed by atoms with Crippen LogP contribution in [-0.2, 0) is 9.53 Å². The van der Waals surface area contributed by atoms with Gasteiger partial charge in [-0.2, -0.15) is 0 Å². The molecule has 1 amide bonds. The second-order valence-electron chi connectivity index (χ2n) is 4.90. The molecule has 0 aliphatic heterocycles. The lowest BCUT2D eigenvalue weighted by molar-refractivity contribution is -0.120. The largest absolute Gasteiger partial charge is 0.381 e. The zero-order valence-electron chi connectivity index (χ0n) is 10.9. The number of hydrogen-bond acceptors (Lipinski definition) is 3. The third-order valence-corrected chi connectivity index (χ3v) is 3.43. The van der Waals surface area contributed by atoms with E-state index in [1.165, 1.54) is 25.7 Å². The summed E-state index contributed by atoms with van der Waals surface area (Å²) in [7, 11) is 0. The first kappa shape index (κ1) is 14.5. The first-order valence-corrected chi connectivity index (χ1v) is 6.84. The fraction of sp³-hybridized carbons (Fsp3) is 0.923. The molecule has 1 atom stereocenters. The Morgan fingerprint density at radius 2 is 2.24 bits per heavy atom. The number of carbonyl (C=O) groups excluding carboxylic acids is 1. The molecule has 1 saturated carbocycles. The minimum Gasteiger partial charge on any atom is -0.381 e. The summed E-state index contributed by atoms with van der Waals surface area (Å²) in [5.41, 5.74) is 5.31. The number of amides is 1. The lowest BCUT2D eigenvalue weighted by atomic mass is 9.83. The Balaban J connectivity index is 1.98. The lowest BCUT2D eigenvalue weighted by Crippen LogP contribution is -2.42. The van der Waals surface area contributed by atoms with Crippen molar-refractivity contribution in [2.24, 2.45) is 11.7 Å². The third-order valence-electron chi connectivity index (χ3n) is 3.43. The summed E-state index contributed by atoms with van der Waals surface area (Å²) in [4.78, 5) is 11.1. The van der Waals surface area contributed by atoms with Gasteiger partial charge in [0.1, 0.15) is 0 Å². The van der Waals surface area contributed by atoms with E-state index in [1.807, 2.05) is 0 Å². The van der Waals surface area contributed by atoms with E-state index in [4.69, 9.17) is 10.5 Å². The van der Waals surface area contributed by atoms with Gasteiger partial charge in [0.25, 0.3) is 0 Å². The van der Waals surface area contributed by atoms with Crippen LogP contribution < -0.4 is 11.1 Å². The standard InChI is InChI=1S/C13H26N2O2/c1-2-8-15-12(13(14)16)7-10-17-9-6-11-4-3-5-11/h11-12,15H,2-10H2,1H3,(H2,14,16). The average Bonchev–Trinajstić information content (AvgIpc) is 2.24. The van der Waals surface area contributed by atoms with Gasteiger partial charge in [0.15, 0.2) is 0 Å². The van der Waals surface area contributed by atoms with Crippen molar-refractivity contribution in [2.45, 2.75) is 51.5 Å². The van der Waals surface area contributed by atoms with E-state index in [-0.39, 0.29) is 11.9 Å². The maximum atomic E-state index is 11.1. The Hall–Kier alpha value is -0.610. The summed E-state index contributed by atoms with van der Waals surface area (Å²) in [5.74, 6) is 0.612. The predicted octanol–water partition coefficient (Wildman–Crippen LogP) is 1.44. The normalized spacial score (nSPS) is 17.7. The molecule has 17 heavy (non-hydrogen) atoms. The van der Waals surface area contributed by atoms with Crippen LogP contribution in [0, 0.1) is 5.92 Å². The zero-order chi connectivity index (χ0) is 12.5. The topological polar surface area (TPSA) is 64.3 Å². The molecule has 0 spiro atoms. The summed E-state index contributed by atoms with van der Waals surface area (Å²) in [6, 6.07) is -0.237. The minimum absolute atomic E-state index is 0.237. The van der Waals surface area contributed by atoms with Crippen LogP contribution >= 0.6 is 0 Å². The Morgan fingerprint density at radius 1 is 1.47 bits per heavy atom. The summed E-state index contributed by atoms with van der Waals surface area (Å²) >= 11 is 0. The fourth-order valence-corrected chi connectivity index (χ4v) is 2.00. The van der Waals surface area contributed by atoms with Crippen LogP contribution in [-0.4, -0.2) is 31.7 Å². The van der Waals surface area contributed by atoms with Crippen LogP contribution in [0.5, 0.6) is 0 Å². The van der Waals surface area contributed by atoms with Crippen LogP contribution in [0.15, 0.2) is 0 Å². The van der Waals surface area contributed by atoms with Gasteiger partial charge in [0.05, 0.1) is 6.04 Å². The molecular weight excluding hydrogens is 216 g/mol. The molecule has 0 heterocycles. The van der Waals surface area contributed by atoms with E-state index in [1.54, 1.807) is 0 Å². The molecular formula is C13H26N2O2. The van der Waals surface area contributed by atoms with Crippen LogP contribution in [0.1, 0.15) is 45.4 Å². The van der Waals surface area contributed by atoms with Crippen LogP contribution in [0.3, 0.4) is 0 Å². The van der Waals surface area contributed by atoms with Crippen molar-refractivity contribution in [1.29, 1.82) is 0 Å². The highest BCUT2D eigenvalue weighted by Gasteiger charge is 2.17. The molecule has 0 bridgehead atoms. The Bertz CT molecular complexity index is 217. The molecule has 4 heteroatoms.